The van der Waals surface area contributed by atoms with Crippen molar-refractivity contribution in [1.29, 1.82) is 0 Å². The van der Waals surface area contributed by atoms with Crippen LogP contribution < -0.4 is 0 Å². The Kier molecular flexibility index (Phi) is 5.65. The fourth-order valence-corrected chi connectivity index (χ4v) is 3.11. The van der Waals surface area contributed by atoms with E-state index in [4.69, 9.17) is 14.2 Å². The molecule has 2 atom stereocenters. The van der Waals surface area contributed by atoms with E-state index >= 15 is 0 Å². The summed E-state index contributed by atoms with van der Waals surface area (Å²) in [5, 5.41) is 0. The smallest absolute Gasteiger partial charge is 0.338 e. The first kappa shape index (κ1) is 16.4. The summed E-state index contributed by atoms with van der Waals surface area (Å²) >= 11 is 0. The summed E-state index contributed by atoms with van der Waals surface area (Å²) in [6.45, 7) is 7.48. The summed E-state index contributed by atoms with van der Waals surface area (Å²) in [6, 6.07) is 7.73. The fraction of sp³-hybridized carbons (Fsp3) is 0.611. The molecule has 1 aromatic rings. The number of nitrogens with zero attached hydrogens (tertiary/aromatic N) is 1. The van der Waals surface area contributed by atoms with Gasteiger partial charge in [-0.25, -0.2) is 4.79 Å². The molecule has 2 aliphatic heterocycles. The van der Waals surface area contributed by atoms with Crippen molar-refractivity contribution in [3.63, 3.8) is 0 Å². The minimum absolute atomic E-state index is 0.110. The number of ether oxygens (including phenoxy) is 3. The van der Waals surface area contributed by atoms with Crippen molar-refractivity contribution in [3.05, 3.63) is 35.4 Å². The highest BCUT2D eigenvalue weighted by molar-refractivity contribution is 5.91. The number of carbonyl (C=O) groups excluding carboxylic acids is 1. The first-order valence-electron chi connectivity index (χ1n) is 8.41. The number of benzene rings is 1. The third kappa shape index (κ3) is 4.31. The van der Waals surface area contributed by atoms with E-state index in [1.54, 1.807) is 0 Å². The van der Waals surface area contributed by atoms with Crippen molar-refractivity contribution in [2.45, 2.75) is 26.0 Å². The van der Waals surface area contributed by atoms with E-state index in [9.17, 15) is 4.79 Å². The van der Waals surface area contributed by atoms with Crippen LogP contribution in [0.5, 0.6) is 0 Å². The number of hydrogen-bond acceptors (Lipinski definition) is 5. The van der Waals surface area contributed by atoms with Gasteiger partial charge < -0.3 is 14.2 Å². The van der Waals surface area contributed by atoms with E-state index in [2.05, 4.69) is 4.90 Å². The van der Waals surface area contributed by atoms with Crippen LogP contribution in [0.3, 0.4) is 0 Å². The summed E-state index contributed by atoms with van der Waals surface area (Å²) < 4.78 is 16.4. The summed E-state index contributed by atoms with van der Waals surface area (Å²) in [7, 11) is 0. The minimum Gasteiger partial charge on any atom is -0.459 e. The molecule has 0 bridgehead atoms. The fourth-order valence-electron chi connectivity index (χ4n) is 3.11. The highest BCUT2D eigenvalue weighted by Crippen LogP contribution is 2.21. The quantitative estimate of drug-likeness (QED) is 0.778. The number of morpholine rings is 1. The molecular weight excluding hydrogens is 294 g/mol. The molecule has 0 spiro atoms. The molecule has 0 aliphatic carbocycles. The lowest BCUT2D eigenvalue weighted by atomic mass is 10.0. The predicted octanol–water partition coefficient (Wildman–Crippen LogP) is 2.10. The molecule has 1 aromatic carbocycles. The molecule has 0 aromatic heterocycles. The van der Waals surface area contributed by atoms with E-state index in [-0.39, 0.29) is 12.1 Å². The maximum absolute atomic E-state index is 12.6. The molecular formula is C18H25NO4. The van der Waals surface area contributed by atoms with Gasteiger partial charge in [-0.15, -0.1) is 0 Å². The van der Waals surface area contributed by atoms with Crippen molar-refractivity contribution < 1.29 is 19.0 Å². The Hall–Kier alpha value is -1.43. The number of esters is 1. The Morgan fingerprint density at radius 1 is 1.26 bits per heavy atom. The lowest BCUT2D eigenvalue weighted by molar-refractivity contribution is 0.0173. The molecule has 5 nitrogen and oxygen atoms in total. The first-order chi connectivity index (χ1) is 11.2. The summed E-state index contributed by atoms with van der Waals surface area (Å²) in [5.74, 6) is 0.0821. The maximum Gasteiger partial charge on any atom is 0.338 e. The van der Waals surface area contributed by atoms with Crippen LogP contribution in [0.4, 0.5) is 0 Å². The van der Waals surface area contributed by atoms with Gasteiger partial charge in [0, 0.05) is 32.2 Å². The standard InChI is InChI=1S/C18H25NO4/c1-14(16-6-9-22-13-16)23-18(20)17-5-3-2-4-15(17)12-19-7-10-21-11-8-19/h2-5,14,16H,6-13H2,1H3/t14-,16-/m0/s1. The van der Waals surface area contributed by atoms with E-state index in [1.165, 1.54) is 0 Å². The van der Waals surface area contributed by atoms with Gasteiger partial charge >= 0.3 is 5.97 Å². The van der Waals surface area contributed by atoms with E-state index in [0.29, 0.717) is 18.1 Å². The molecule has 2 fully saturated rings. The third-order valence-corrected chi connectivity index (χ3v) is 4.66. The second kappa shape index (κ2) is 7.90. The molecule has 2 heterocycles. The Labute approximate surface area is 137 Å². The van der Waals surface area contributed by atoms with Gasteiger partial charge in [-0.3, -0.25) is 4.90 Å². The van der Waals surface area contributed by atoms with Crippen molar-refractivity contribution >= 4 is 5.97 Å². The number of rotatable bonds is 5. The third-order valence-electron chi connectivity index (χ3n) is 4.66. The molecule has 0 N–H and O–H groups in total. The predicted molar refractivity (Wildman–Crippen MR) is 86.3 cm³/mol. The Morgan fingerprint density at radius 3 is 2.78 bits per heavy atom. The van der Waals surface area contributed by atoms with Crippen molar-refractivity contribution in [2.24, 2.45) is 5.92 Å². The highest BCUT2D eigenvalue weighted by Gasteiger charge is 2.26. The summed E-state index contributed by atoms with van der Waals surface area (Å²) in [6.07, 6.45) is 0.852. The van der Waals surface area contributed by atoms with Crippen LogP contribution in [-0.4, -0.2) is 56.5 Å². The zero-order valence-corrected chi connectivity index (χ0v) is 13.7. The zero-order chi connectivity index (χ0) is 16.1. The normalized spacial score (nSPS) is 23.6. The zero-order valence-electron chi connectivity index (χ0n) is 13.7. The van der Waals surface area contributed by atoms with Crippen LogP contribution in [0.25, 0.3) is 0 Å². The van der Waals surface area contributed by atoms with Gasteiger partial charge in [-0.05, 0) is 25.0 Å². The van der Waals surface area contributed by atoms with E-state index < -0.39 is 0 Å². The van der Waals surface area contributed by atoms with Crippen LogP contribution in [0, 0.1) is 5.92 Å². The van der Waals surface area contributed by atoms with Crippen LogP contribution in [-0.2, 0) is 20.8 Å². The lowest BCUT2D eigenvalue weighted by Crippen LogP contribution is -2.36. The largest absolute Gasteiger partial charge is 0.459 e. The molecule has 0 amide bonds. The Morgan fingerprint density at radius 2 is 2.04 bits per heavy atom. The lowest BCUT2D eigenvalue weighted by Gasteiger charge is -2.27. The summed E-state index contributed by atoms with van der Waals surface area (Å²) in [5.41, 5.74) is 1.69. The minimum atomic E-state index is -0.228. The molecule has 0 saturated carbocycles. The second-order valence-corrected chi connectivity index (χ2v) is 6.28. The van der Waals surface area contributed by atoms with Crippen LogP contribution >= 0.6 is 0 Å². The SMILES string of the molecule is C[C@H](OC(=O)c1ccccc1CN1CCOCC1)[C@H]1CCOC1. The molecule has 0 radical (unpaired) electrons. The van der Waals surface area contributed by atoms with Gasteiger partial charge in [0.1, 0.15) is 6.10 Å². The topological polar surface area (TPSA) is 48.0 Å². The van der Waals surface area contributed by atoms with Gasteiger partial charge in [0.2, 0.25) is 0 Å². The van der Waals surface area contributed by atoms with Gasteiger partial charge in [0.15, 0.2) is 0 Å². The van der Waals surface area contributed by atoms with Gasteiger partial charge in [-0.1, -0.05) is 18.2 Å². The van der Waals surface area contributed by atoms with E-state index in [1.807, 2.05) is 31.2 Å². The van der Waals surface area contributed by atoms with Crippen molar-refractivity contribution in [2.75, 3.05) is 39.5 Å². The van der Waals surface area contributed by atoms with Crippen molar-refractivity contribution in [1.82, 2.24) is 4.90 Å². The van der Waals surface area contributed by atoms with Crippen molar-refractivity contribution in [3.8, 4) is 0 Å². The van der Waals surface area contributed by atoms with Crippen LogP contribution in [0.2, 0.25) is 0 Å². The summed E-state index contributed by atoms with van der Waals surface area (Å²) in [4.78, 5) is 14.9. The molecule has 5 heteroatoms. The van der Waals surface area contributed by atoms with E-state index in [0.717, 1.165) is 51.4 Å². The molecule has 3 rings (SSSR count). The molecule has 2 saturated heterocycles. The molecule has 23 heavy (non-hydrogen) atoms. The highest BCUT2D eigenvalue weighted by atomic mass is 16.5. The molecule has 126 valence electrons. The molecule has 2 aliphatic rings. The number of carbonyl (C=O) groups is 1. The Balaban J connectivity index is 1.64. The second-order valence-electron chi connectivity index (χ2n) is 6.28. The first-order valence-corrected chi connectivity index (χ1v) is 8.41. The molecule has 0 unspecified atom stereocenters. The maximum atomic E-state index is 12.6. The van der Waals surface area contributed by atoms with Crippen LogP contribution in [0.1, 0.15) is 29.3 Å². The number of hydrogen-bond donors (Lipinski definition) is 0. The van der Waals surface area contributed by atoms with Gasteiger partial charge in [0.05, 0.1) is 25.4 Å². The van der Waals surface area contributed by atoms with Gasteiger partial charge in [-0.2, -0.15) is 0 Å². The monoisotopic (exact) mass is 319 g/mol. The Bertz CT molecular complexity index is 522. The van der Waals surface area contributed by atoms with Crippen LogP contribution in [0.15, 0.2) is 24.3 Å². The van der Waals surface area contributed by atoms with Gasteiger partial charge in [0.25, 0.3) is 0 Å². The average Bonchev–Trinajstić information content (AvgIpc) is 3.11. The average molecular weight is 319 g/mol.